The lowest BCUT2D eigenvalue weighted by Crippen LogP contribution is -2.41. The highest BCUT2D eigenvalue weighted by Gasteiger charge is 2.52. The molecule has 0 aromatic rings. The number of carbonyl (C=O) groups is 1. The Morgan fingerprint density at radius 1 is 0.540 bits per heavy atom. The van der Waals surface area contributed by atoms with Crippen LogP contribution in [0.15, 0.2) is 0 Å². The van der Waals surface area contributed by atoms with E-state index in [1.54, 1.807) is 0 Å². The van der Waals surface area contributed by atoms with Gasteiger partial charge >= 0.3 is 5.97 Å². The molecule has 8 nitrogen and oxygen atoms in total. The molecule has 0 radical (unpaired) electrons. The Kier molecular flexibility index (Phi) is 30.0. The molecular weight excluding hydrogens is 632 g/mol. The van der Waals surface area contributed by atoms with E-state index in [1.807, 2.05) is 0 Å². The molecule has 0 heterocycles. The number of hydrogen-bond acceptors (Lipinski definition) is 8. The smallest absolute Gasteiger partial charge is 0.306 e. The predicted molar refractivity (Wildman–Crippen MR) is 204 cm³/mol. The average molecular weight is 715 g/mol. The molecule has 8 heteroatoms. The molecule has 2 unspecified atom stereocenters. The Morgan fingerprint density at radius 2 is 0.960 bits per heavy atom. The molecule has 0 spiro atoms. The molecule has 0 aromatic heterocycles. The third-order valence-electron chi connectivity index (χ3n) is 10.7. The molecule has 0 saturated heterocycles. The van der Waals surface area contributed by atoms with Gasteiger partial charge in [-0.15, -0.1) is 0 Å². The second-order valence-corrected chi connectivity index (χ2v) is 15.8. The van der Waals surface area contributed by atoms with Crippen LogP contribution >= 0.6 is 0 Å². The van der Waals surface area contributed by atoms with Crippen molar-refractivity contribution in [1.29, 1.82) is 0 Å². The van der Waals surface area contributed by atoms with Crippen molar-refractivity contribution in [2.24, 2.45) is 11.8 Å². The van der Waals surface area contributed by atoms with Gasteiger partial charge in [0.1, 0.15) is 30.5 Å². The summed E-state index contributed by atoms with van der Waals surface area (Å²) in [4.78, 5) is 12.5. The molecule has 0 amide bonds. The van der Waals surface area contributed by atoms with Crippen LogP contribution in [0.4, 0.5) is 0 Å². The molecule has 50 heavy (non-hydrogen) atoms. The Balaban J connectivity index is 2.11. The predicted octanol–water partition coefficient (Wildman–Crippen LogP) is 9.21. The molecule has 8 atom stereocenters. The zero-order valence-electron chi connectivity index (χ0n) is 33.0. The first kappa shape index (κ1) is 47.3. The summed E-state index contributed by atoms with van der Waals surface area (Å²) in [5.74, 6) is 1.19. The minimum Gasteiger partial charge on any atom is -0.457 e. The molecule has 1 fully saturated rings. The van der Waals surface area contributed by atoms with Crippen LogP contribution in [0.3, 0.4) is 0 Å². The van der Waals surface area contributed by atoms with Gasteiger partial charge in [-0.25, -0.2) is 0 Å². The number of hydrogen-bond donors (Lipinski definition) is 4. The lowest BCUT2D eigenvalue weighted by atomic mass is 9.96. The highest BCUT2D eigenvalue weighted by Crippen LogP contribution is 2.28. The lowest BCUT2D eigenvalue weighted by molar-refractivity contribution is -0.168. The minimum atomic E-state index is -1.49. The fourth-order valence-electron chi connectivity index (χ4n) is 7.19. The maximum atomic E-state index is 12.5. The van der Waals surface area contributed by atoms with Gasteiger partial charge in [0.05, 0.1) is 13.2 Å². The van der Waals surface area contributed by atoms with E-state index in [4.69, 9.17) is 14.2 Å². The molecule has 0 aliphatic heterocycles. The Labute approximate surface area is 307 Å². The molecule has 0 bridgehead atoms. The van der Waals surface area contributed by atoms with Crippen molar-refractivity contribution in [2.45, 2.75) is 231 Å². The fourth-order valence-corrected chi connectivity index (χ4v) is 7.19. The van der Waals surface area contributed by atoms with Crippen molar-refractivity contribution in [3.63, 3.8) is 0 Å². The van der Waals surface area contributed by atoms with Gasteiger partial charge in [-0.1, -0.05) is 175 Å². The number of aliphatic hydroxyl groups excluding tert-OH is 4. The summed E-state index contributed by atoms with van der Waals surface area (Å²) in [5.41, 5.74) is 0. The summed E-state index contributed by atoms with van der Waals surface area (Å²) < 4.78 is 16.8. The van der Waals surface area contributed by atoms with Crippen LogP contribution in [0.2, 0.25) is 0 Å². The number of ether oxygens (including phenoxy) is 3. The van der Waals surface area contributed by atoms with Gasteiger partial charge in [0.2, 0.25) is 0 Å². The number of esters is 1. The zero-order valence-corrected chi connectivity index (χ0v) is 33.0. The molecule has 298 valence electrons. The van der Waals surface area contributed by atoms with Crippen molar-refractivity contribution in [3.05, 3.63) is 0 Å². The topological polar surface area (TPSA) is 126 Å². The monoisotopic (exact) mass is 715 g/mol. The lowest BCUT2D eigenvalue weighted by Gasteiger charge is -2.24. The number of aliphatic hydroxyl groups is 4. The maximum Gasteiger partial charge on any atom is 0.306 e. The van der Waals surface area contributed by atoms with Crippen LogP contribution in [0.5, 0.6) is 0 Å². The summed E-state index contributed by atoms with van der Waals surface area (Å²) in [7, 11) is 0. The Hall–Kier alpha value is -0.770. The Morgan fingerprint density at radius 3 is 1.46 bits per heavy atom. The van der Waals surface area contributed by atoms with Crippen molar-refractivity contribution in [1.82, 2.24) is 0 Å². The zero-order chi connectivity index (χ0) is 36.8. The van der Waals surface area contributed by atoms with Crippen molar-refractivity contribution in [3.8, 4) is 0 Å². The van der Waals surface area contributed by atoms with E-state index < -0.39 is 42.6 Å². The fraction of sp³-hybridized carbons (Fsp3) is 0.976. The summed E-state index contributed by atoms with van der Waals surface area (Å²) in [6.07, 6.45) is 23.6. The highest BCUT2D eigenvalue weighted by molar-refractivity contribution is 5.69. The van der Waals surface area contributed by atoms with Gasteiger partial charge in [0.25, 0.3) is 0 Å². The van der Waals surface area contributed by atoms with Gasteiger partial charge in [-0.05, 0) is 24.7 Å². The first-order chi connectivity index (χ1) is 24.2. The maximum absolute atomic E-state index is 12.5. The molecule has 1 saturated carbocycles. The number of rotatable bonds is 35. The van der Waals surface area contributed by atoms with Gasteiger partial charge in [-0.2, -0.15) is 0 Å². The first-order valence-corrected chi connectivity index (χ1v) is 21.3. The Bertz CT molecular complexity index is 766. The summed E-state index contributed by atoms with van der Waals surface area (Å²) >= 11 is 0. The van der Waals surface area contributed by atoms with Gasteiger partial charge in [0, 0.05) is 13.0 Å². The van der Waals surface area contributed by atoms with Crippen LogP contribution in [0.25, 0.3) is 0 Å². The van der Waals surface area contributed by atoms with Gasteiger partial charge in [0.15, 0.2) is 6.10 Å². The summed E-state index contributed by atoms with van der Waals surface area (Å²) in [5, 5.41) is 41.4. The first-order valence-electron chi connectivity index (χ1n) is 21.3. The molecule has 4 N–H and O–H groups in total. The molecule has 0 aromatic carbocycles. The molecular formula is C42H82O8. The number of carbonyl (C=O) groups excluding carboxylic acids is 1. The van der Waals surface area contributed by atoms with Crippen LogP contribution in [0.1, 0.15) is 195 Å². The van der Waals surface area contributed by atoms with Crippen LogP contribution in [-0.4, -0.2) is 82.8 Å². The average Bonchev–Trinajstić information content (AvgIpc) is 3.29. The van der Waals surface area contributed by atoms with Crippen molar-refractivity contribution < 1.29 is 39.4 Å². The molecule has 1 aliphatic rings. The second kappa shape index (κ2) is 31.7. The normalized spacial score (nSPS) is 22.5. The molecule has 1 rings (SSSR count). The van der Waals surface area contributed by atoms with E-state index in [0.29, 0.717) is 13.0 Å². The second-order valence-electron chi connectivity index (χ2n) is 15.8. The van der Waals surface area contributed by atoms with Crippen LogP contribution < -0.4 is 0 Å². The SMILES string of the molecule is CCCCCCC(C)CCCCCCCCCOC[C@H](O)CO[C@@H]1[C@@H](O)[C@H](O)[C@@H](O)[C@@H]1OC(=O)CCCCCCCCC(C)CCCCCC. The van der Waals surface area contributed by atoms with Gasteiger partial charge in [-0.3, -0.25) is 4.79 Å². The number of unbranched alkanes of at least 4 members (excludes halogenated alkanes) is 17. The third-order valence-corrected chi connectivity index (χ3v) is 10.7. The summed E-state index contributed by atoms with van der Waals surface area (Å²) in [6.45, 7) is 9.78. The minimum absolute atomic E-state index is 0.0904. The van der Waals surface area contributed by atoms with Gasteiger partial charge < -0.3 is 34.6 Å². The molecule has 1 aliphatic carbocycles. The third kappa shape index (κ3) is 23.7. The van der Waals surface area contributed by atoms with E-state index in [0.717, 1.165) is 43.9 Å². The van der Waals surface area contributed by atoms with Crippen molar-refractivity contribution >= 4 is 5.97 Å². The van der Waals surface area contributed by atoms with E-state index in [9.17, 15) is 25.2 Å². The highest BCUT2D eigenvalue weighted by atomic mass is 16.6. The van der Waals surface area contributed by atoms with E-state index in [-0.39, 0.29) is 19.6 Å². The largest absolute Gasteiger partial charge is 0.457 e. The van der Waals surface area contributed by atoms with E-state index in [1.165, 1.54) is 122 Å². The summed E-state index contributed by atoms with van der Waals surface area (Å²) in [6, 6.07) is 0. The van der Waals surface area contributed by atoms with Crippen LogP contribution in [-0.2, 0) is 19.0 Å². The van der Waals surface area contributed by atoms with Crippen LogP contribution in [0, 0.1) is 11.8 Å². The van der Waals surface area contributed by atoms with Crippen molar-refractivity contribution in [2.75, 3.05) is 19.8 Å². The van der Waals surface area contributed by atoms with E-state index in [2.05, 4.69) is 27.7 Å². The van der Waals surface area contributed by atoms with E-state index >= 15 is 0 Å². The standard InChI is InChI=1S/C42H82O8/c1-5-7-9-20-26-34(3)28-22-16-12-11-15-19-25-31-48-32-36(43)33-49-41-39(46)38(45)40(47)42(41)50-37(44)30-24-18-14-13-17-23-29-35(4)27-21-10-8-6-2/h34-36,38-43,45-47H,5-33H2,1-4H3/t34?,35?,36-,38-,39-,40+,41+,42-/m0/s1. The quantitative estimate of drug-likeness (QED) is 0.0378.